The molecule has 0 aromatic rings. The van der Waals surface area contributed by atoms with Gasteiger partial charge in [-0.25, -0.2) is 0 Å². The third-order valence-electron chi connectivity index (χ3n) is 2.60. The van der Waals surface area contributed by atoms with Gasteiger partial charge in [-0.05, 0) is 12.8 Å². The van der Waals surface area contributed by atoms with Crippen LogP contribution in [0.3, 0.4) is 0 Å². The van der Waals surface area contributed by atoms with Crippen molar-refractivity contribution < 1.29 is 14.6 Å². The van der Waals surface area contributed by atoms with E-state index in [4.69, 9.17) is 9.84 Å². The summed E-state index contributed by atoms with van der Waals surface area (Å²) in [6.45, 7) is 2.72. The lowest BCUT2D eigenvalue weighted by Gasteiger charge is -2.03. The summed E-state index contributed by atoms with van der Waals surface area (Å²) in [6.07, 6.45) is 9.66. The van der Waals surface area contributed by atoms with Crippen LogP contribution >= 0.6 is 0 Å². The number of carbonyl (C=O) groups is 1. The predicted molar refractivity (Wildman–Crippen MR) is 65.3 cm³/mol. The van der Waals surface area contributed by atoms with Gasteiger partial charge in [0.2, 0.25) is 0 Å². The SMILES string of the molecule is CCC(=O)OCCCCCCCCCCO. The zero-order valence-corrected chi connectivity index (χ0v) is 10.5. The summed E-state index contributed by atoms with van der Waals surface area (Å²) in [6, 6.07) is 0. The number of ether oxygens (including phenoxy) is 1. The van der Waals surface area contributed by atoms with E-state index in [1.807, 2.05) is 6.92 Å². The second-order valence-corrected chi connectivity index (χ2v) is 4.13. The first-order chi connectivity index (χ1) is 7.81. The molecule has 3 heteroatoms. The first kappa shape index (κ1) is 15.4. The van der Waals surface area contributed by atoms with Crippen molar-refractivity contribution in [2.45, 2.75) is 64.7 Å². The van der Waals surface area contributed by atoms with Crippen LogP contribution < -0.4 is 0 Å². The summed E-state index contributed by atoms with van der Waals surface area (Å²) in [7, 11) is 0. The third-order valence-corrected chi connectivity index (χ3v) is 2.60. The Bertz CT molecular complexity index is 157. The van der Waals surface area contributed by atoms with Gasteiger partial charge in [-0.15, -0.1) is 0 Å². The van der Waals surface area contributed by atoms with E-state index >= 15 is 0 Å². The minimum absolute atomic E-state index is 0.0935. The van der Waals surface area contributed by atoms with Gasteiger partial charge in [-0.3, -0.25) is 4.79 Å². The molecule has 0 unspecified atom stereocenters. The van der Waals surface area contributed by atoms with Crippen LogP contribution in [0.2, 0.25) is 0 Å². The second-order valence-electron chi connectivity index (χ2n) is 4.13. The van der Waals surface area contributed by atoms with E-state index in [0.717, 1.165) is 25.7 Å². The van der Waals surface area contributed by atoms with Crippen LogP contribution in [0.25, 0.3) is 0 Å². The monoisotopic (exact) mass is 230 g/mol. The Morgan fingerprint density at radius 1 is 0.938 bits per heavy atom. The second kappa shape index (κ2) is 12.5. The molecule has 0 spiro atoms. The first-order valence-electron chi connectivity index (χ1n) is 6.57. The van der Waals surface area contributed by atoms with Crippen molar-refractivity contribution in [1.82, 2.24) is 0 Å². The summed E-state index contributed by atoms with van der Waals surface area (Å²) >= 11 is 0. The maximum absolute atomic E-state index is 10.8. The molecular weight excluding hydrogens is 204 g/mol. The van der Waals surface area contributed by atoms with Gasteiger partial charge in [0.25, 0.3) is 0 Å². The van der Waals surface area contributed by atoms with Crippen molar-refractivity contribution in [1.29, 1.82) is 0 Å². The molecular formula is C13H26O3. The van der Waals surface area contributed by atoms with Crippen molar-refractivity contribution in [3.63, 3.8) is 0 Å². The van der Waals surface area contributed by atoms with Gasteiger partial charge >= 0.3 is 5.97 Å². The molecule has 0 radical (unpaired) electrons. The zero-order chi connectivity index (χ0) is 12.1. The molecule has 0 bridgehead atoms. The summed E-state index contributed by atoms with van der Waals surface area (Å²) < 4.78 is 4.98. The number of aliphatic hydroxyl groups is 1. The summed E-state index contributed by atoms with van der Waals surface area (Å²) in [5.41, 5.74) is 0. The van der Waals surface area contributed by atoms with Crippen LogP contribution in [-0.4, -0.2) is 24.3 Å². The van der Waals surface area contributed by atoms with Gasteiger partial charge in [-0.1, -0.05) is 45.4 Å². The van der Waals surface area contributed by atoms with Gasteiger partial charge in [0, 0.05) is 13.0 Å². The Morgan fingerprint density at radius 2 is 1.44 bits per heavy atom. The van der Waals surface area contributed by atoms with Crippen LogP contribution in [0, 0.1) is 0 Å². The maximum atomic E-state index is 10.8. The molecule has 3 nitrogen and oxygen atoms in total. The molecule has 0 aliphatic heterocycles. The summed E-state index contributed by atoms with van der Waals surface area (Å²) in [5.74, 6) is -0.0935. The zero-order valence-electron chi connectivity index (χ0n) is 10.5. The average Bonchev–Trinajstić information content (AvgIpc) is 2.31. The highest BCUT2D eigenvalue weighted by Gasteiger charge is 1.97. The Morgan fingerprint density at radius 3 is 1.94 bits per heavy atom. The molecule has 16 heavy (non-hydrogen) atoms. The highest BCUT2D eigenvalue weighted by atomic mass is 16.5. The van der Waals surface area contributed by atoms with E-state index < -0.39 is 0 Å². The van der Waals surface area contributed by atoms with Crippen molar-refractivity contribution >= 4 is 5.97 Å². The van der Waals surface area contributed by atoms with Crippen molar-refractivity contribution in [3.8, 4) is 0 Å². The van der Waals surface area contributed by atoms with Crippen molar-refractivity contribution in [3.05, 3.63) is 0 Å². The topological polar surface area (TPSA) is 46.5 Å². The molecule has 0 saturated heterocycles. The number of hydrogen-bond acceptors (Lipinski definition) is 3. The number of esters is 1. The first-order valence-corrected chi connectivity index (χ1v) is 6.57. The Hall–Kier alpha value is -0.570. The van der Waals surface area contributed by atoms with E-state index in [1.54, 1.807) is 0 Å². The molecule has 0 aliphatic rings. The third kappa shape index (κ3) is 11.5. The minimum atomic E-state index is -0.0935. The fourth-order valence-corrected chi connectivity index (χ4v) is 1.56. The van der Waals surface area contributed by atoms with Crippen LogP contribution in [0.15, 0.2) is 0 Å². The minimum Gasteiger partial charge on any atom is -0.466 e. The fraction of sp³-hybridized carbons (Fsp3) is 0.923. The van der Waals surface area contributed by atoms with Crippen LogP contribution in [0.5, 0.6) is 0 Å². The molecule has 0 aromatic heterocycles. The Kier molecular flexibility index (Phi) is 12.1. The standard InChI is InChI=1S/C13H26O3/c1-2-13(15)16-12-10-8-6-4-3-5-7-9-11-14/h14H,2-12H2,1H3. The highest BCUT2D eigenvalue weighted by molar-refractivity contribution is 5.68. The smallest absolute Gasteiger partial charge is 0.305 e. The van der Waals surface area contributed by atoms with Crippen LogP contribution in [0.1, 0.15) is 64.7 Å². The maximum Gasteiger partial charge on any atom is 0.305 e. The van der Waals surface area contributed by atoms with E-state index in [2.05, 4.69) is 0 Å². The lowest BCUT2D eigenvalue weighted by atomic mass is 10.1. The number of unbranched alkanes of at least 4 members (excludes halogenated alkanes) is 7. The fourth-order valence-electron chi connectivity index (χ4n) is 1.56. The molecule has 0 atom stereocenters. The van der Waals surface area contributed by atoms with E-state index in [9.17, 15) is 4.79 Å². The lowest BCUT2D eigenvalue weighted by Crippen LogP contribution is -2.03. The summed E-state index contributed by atoms with van der Waals surface area (Å²) in [4.78, 5) is 10.8. The Labute approximate surface area is 99.2 Å². The molecule has 0 aromatic carbocycles. The average molecular weight is 230 g/mol. The van der Waals surface area contributed by atoms with Crippen LogP contribution in [0.4, 0.5) is 0 Å². The van der Waals surface area contributed by atoms with Gasteiger partial charge in [-0.2, -0.15) is 0 Å². The molecule has 0 aliphatic carbocycles. The number of rotatable bonds is 11. The number of aliphatic hydroxyl groups excluding tert-OH is 1. The van der Waals surface area contributed by atoms with E-state index in [1.165, 1.54) is 25.7 Å². The molecule has 0 fully saturated rings. The van der Waals surface area contributed by atoms with Crippen molar-refractivity contribution in [2.24, 2.45) is 0 Å². The molecule has 0 saturated carbocycles. The Balaban J connectivity index is 2.96. The number of hydrogen-bond donors (Lipinski definition) is 1. The van der Waals surface area contributed by atoms with E-state index in [0.29, 0.717) is 19.6 Å². The summed E-state index contributed by atoms with van der Waals surface area (Å²) in [5, 5.41) is 8.59. The largest absolute Gasteiger partial charge is 0.466 e. The molecule has 96 valence electrons. The predicted octanol–water partition coefficient (Wildman–Crippen LogP) is 3.05. The van der Waals surface area contributed by atoms with Gasteiger partial charge in [0.15, 0.2) is 0 Å². The van der Waals surface area contributed by atoms with Gasteiger partial charge in [0.1, 0.15) is 0 Å². The van der Waals surface area contributed by atoms with E-state index in [-0.39, 0.29) is 5.97 Å². The van der Waals surface area contributed by atoms with Gasteiger partial charge < -0.3 is 9.84 Å². The van der Waals surface area contributed by atoms with Crippen molar-refractivity contribution in [2.75, 3.05) is 13.2 Å². The van der Waals surface area contributed by atoms with Gasteiger partial charge in [0.05, 0.1) is 6.61 Å². The molecule has 0 rings (SSSR count). The van der Waals surface area contributed by atoms with Crippen LogP contribution in [-0.2, 0) is 9.53 Å². The molecule has 0 amide bonds. The molecule has 0 heterocycles. The highest BCUT2D eigenvalue weighted by Crippen LogP contribution is 2.08. The molecule has 1 N–H and O–H groups in total. The number of carbonyl (C=O) groups excluding carboxylic acids is 1. The normalized spacial score (nSPS) is 10.4. The lowest BCUT2D eigenvalue weighted by molar-refractivity contribution is -0.143. The quantitative estimate of drug-likeness (QED) is 0.438.